The molecule has 0 spiro atoms. The number of hydrogen-bond acceptors (Lipinski definition) is 3. The molecule has 0 aliphatic carbocycles. The Balaban J connectivity index is 1.65. The lowest BCUT2D eigenvalue weighted by Crippen LogP contribution is -2.19. The topological polar surface area (TPSA) is 42.6 Å². The standard InChI is InChI=1S/C17H22O3/c1-12-5-4-6-13-11-16(20-17(12)13)15(18)9-8-14-7-2-3-10-19-14/h4-6,11,14-15,18H,2-3,7-10H2,1H3. The number of benzene rings is 1. The van der Waals surface area contributed by atoms with Gasteiger partial charge in [-0.1, -0.05) is 18.2 Å². The van der Waals surface area contributed by atoms with Gasteiger partial charge in [0.05, 0.1) is 6.10 Å². The molecule has 1 N–H and O–H groups in total. The van der Waals surface area contributed by atoms with E-state index in [9.17, 15) is 5.11 Å². The van der Waals surface area contributed by atoms with E-state index in [0.717, 1.165) is 36.0 Å². The highest BCUT2D eigenvalue weighted by molar-refractivity contribution is 5.80. The van der Waals surface area contributed by atoms with Crippen LogP contribution in [0.1, 0.15) is 49.5 Å². The van der Waals surface area contributed by atoms with Crippen LogP contribution >= 0.6 is 0 Å². The van der Waals surface area contributed by atoms with Crippen LogP contribution < -0.4 is 0 Å². The van der Waals surface area contributed by atoms with Crippen LogP contribution in [0.15, 0.2) is 28.7 Å². The molecule has 108 valence electrons. The summed E-state index contributed by atoms with van der Waals surface area (Å²) >= 11 is 0. The van der Waals surface area contributed by atoms with E-state index < -0.39 is 6.10 Å². The maximum absolute atomic E-state index is 10.3. The smallest absolute Gasteiger partial charge is 0.137 e. The molecule has 1 aliphatic rings. The van der Waals surface area contributed by atoms with E-state index in [0.29, 0.717) is 18.3 Å². The first-order chi connectivity index (χ1) is 9.74. The van der Waals surface area contributed by atoms with Gasteiger partial charge in [-0.3, -0.25) is 0 Å². The summed E-state index contributed by atoms with van der Waals surface area (Å²) in [7, 11) is 0. The maximum atomic E-state index is 10.3. The molecule has 3 rings (SSSR count). The zero-order valence-corrected chi connectivity index (χ0v) is 12.0. The van der Waals surface area contributed by atoms with Crippen molar-refractivity contribution < 1.29 is 14.3 Å². The van der Waals surface area contributed by atoms with Gasteiger partial charge in [0.15, 0.2) is 0 Å². The van der Waals surface area contributed by atoms with Crippen molar-refractivity contribution in [2.24, 2.45) is 0 Å². The molecule has 3 nitrogen and oxygen atoms in total. The van der Waals surface area contributed by atoms with E-state index >= 15 is 0 Å². The molecule has 1 aromatic heterocycles. The molecule has 2 atom stereocenters. The first-order valence-electron chi connectivity index (χ1n) is 7.53. The normalized spacial score (nSPS) is 21.2. The third kappa shape index (κ3) is 2.89. The number of hydrogen-bond donors (Lipinski definition) is 1. The minimum absolute atomic E-state index is 0.310. The number of para-hydroxylation sites is 1. The summed E-state index contributed by atoms with van der Waals surface area (Å²) in [4.78, 5) is 0. The van der Waals surface area contributed by atoms with Gasteiger partial charge in [-0.2, -0.15) is 0 Å². The molecule has 2 aromatic rings. The zero-order valence-electron chi connectivity index (χ0n) is 12.0. The van der Waals surface area contributed by atoms with E-state index in [2.05, 4.69) is 0 Å². The van der Waals surface area contributed by atoms with E-state index in [1.165, 1.54) is 12.8 Å². The van der Waals surface area contributed by atoms with Crippen molar-refractivity contribution in [1.82, 2.24) is 0 Å². The number of ether oxygens (including phenoxy) is 1. The van der Waals surface area contributed by atoms with Gasteiger partial charge < -0.3 is 14.3 Å². The molecule has 0 bridgehead atoms. The summed E-state index contributed by atoms with van der Waals surface area (Å²) in [5.74, 6) is 0.671. The quantitative estimate of drug-likeness (QED) is 0.911. The second-order valence-corrected chi connectivity index (χ2v) is 5.72. The molecule has 2 unspecified atom stereocenters. The highest BCUT2D eigenvalue weighted by atomic mass is 16.5. The third-order valence-corrected chi connectivity index (χ3v) is 4.12. The van der Waals surface area contributed by atoms with E-state index in [1.807, 2.05) is 31.2 Å². The lowest BCUT2D eigenvalue weighted by Gasteiger charge is -2.23. The number of fused-ring (bicyclic) bond motifs is 1. The van der Waals surface area contributed by atoms with Crippen molar-refractivity contribution >= 4 is 11.0 Å². The largest absolute Gasteiger partial charge is 0.458 e. The fourth-order valence-electron chi connectivity index (χ4n) is 2.91. The Hall–Kier alpha value is -1.32. The Labute approximate surface area is 119 Å². The average Bonchev–Trinajstić information content (AvgIpc) is 2.91. The second kappa shape index (κ2) is 5.98. The van der Waals surface area contributed by atoms with Crippen LogP contribution in [0.3, 0.4) is 0 Å². The maximum Gasteiger partial charge on any atom is 0.137 e. The molecule has 0 amide bonds. The van der Waals surface area contributed by atoms with Crippen molar-refractivity contribution in [2.45, 2.75) is 51.2 Å². The minimum Gasteiger partial charge on any atom is -0.458 e. The lowest BCUT2D eigenvalue weighted by molar-refractivity contribution is 0.000743. The van der Waals surface area contributed by atoms with Crippen molar-refractivity contribution in [3.8, 4) is 0 Å². The number of rotatable bonds is 4. The summed E-state index contributed by atoms with van der Waals surface area (Å²) < 4.78 is 11.5. The predicted octanol–water partition coefficient (Wildman–Crippen LogP) is 4.12. The van der Waals surface area contributed by atoms with Crippen LogP contribution in [0, 0.1) is 6.92 Å². The van der Waals surface area contributed by atoms with Gasteiger partial charge in [0.1, 0.15) is 17.4 Å². The molecule has 1 fully saturated rings. The Morgan fingerprint density at radius 2 is 2.25 bits per heavy atom. The highest BCUT2D eigenvalue weighted by Gasteiger charge is 2.19. The summed E-state index contributed by atoms with van der Waals surface area (Å²) in [5, 5.41) is 11.4. The Bertz CT molecular complexity index is 567. The molecule has 2 heterocycles. The van der Waals surface area contributed by atoms with Crippen LogP contribution in [-0.4, -0.2) is 17.8 Å². The van der Waals surface area contributed by atoms with Crippen molar-refractivity contribution in [3.05, 3.63) is 35.6 Å². The summed E-state index contributed by atoms with van der Waals surface area (Å²) in [6.45, 7) is 2.89. The molecule has 3 heteroatoms. The van der Waals surface area contributed by atoms with E-state index in [4.69, 9.17) is 9.15 Å². The number of aryl methyl sites for hydroxylation is 1. The number of furan rings is 1. The monoisotopic (exact) mass is 274 g/mol. The molecule has 0 radical (unpaired) electrons. The molecular formula is C17H22O3. The van der Waals surface area contributed by atoms with Crippen LogP contribution in [0.25, 0.3) is 11.0 Å². The van der Waals surface area contributed by atoms with Crippen molar-refractivity contribution in [2.75, 3.05) is 6.61 Å². The van der Waals surface area contributed by atoms with Gasteiger partial charge in [-0.15, -0.1) is 0 Å². The Kier molecular flexibility index (Phi) is 4.08. The first kappa shape index (κ1) is 13.7. The van der Waals surface area contributed by atoms with Crippen LogP contribution in [0.5, 0.6) is 0 Å². The minimum atomic E-state index is -0.535. The van der Waals surface area contributed by atoms with E-state index in [1.54, 1.807) is 0 Å². The summed E-state index contributed by atoms with van der Waals surface area (Å²) in [6, 6.07) is 8.01. The van der Waals surface area contributed by atoms with E-state index in [-0.39, 0.29) is 0 Å². The SMILES string of the molecule is Cc1cccc2cc(C(O)CCC3CCCCO3)oc12. The van der Waals surface area contributed by atoms with Crippen molar-refractivity contribution in [1.29, 1.82) is 0 Å². The molecular weight excluding hydrogens is 252 g/mol. The van der Waals surface area contributed by atoms with Crippen LogP contribution in [0.2, 0.25) is 0 Å². The Morgan fingerprint density at radius 3 is 3.00 bits per heavy atom. The van der Waals surface area contributed by atoms with Gasteiger partial charge in [-0.05, 0) is 50.7 Å². The molecule has 0 saturated carbocycles. The summed E-state index contributed by atoms with van der Waals surface area (Å²) in [6.07, 6.45) is 4.90. The van der Waals surface area contributed by atoms with Crippen molar-refractivity contribution in [3.63, 3.8) is 0 Å². The zero-order chi connectivity index (χ0) is 13.9. The highest BCUT2D eigenvalue weighted by Crippen LogP contribution is 2.29. The second-order valence-electron chi connectivity index (χ2n) is 5.72. The average molecular weight is 274 g/mol. The van der Waals surface area contributed by atoms with Gasteiger partial charge >= 0.3 is 0 Å². The molecule has 1 aliphatic heterocycles. The third-order valence-electron chi connectivity index (χ3n) is 4.12. The lowest BCUT2D eigenvalue weighted by atomic mass is 10.0. The van der Waals surface area contributed by atoms with Gasteiger partial charge in [0.2, 0.25) is 0 Å². The number of aliphatic hydroxyl groups is 1. The number of aliphatic hydroxyl groups excluding tert-OH is 1. The fraction of sp³-hybridized carbons (Fsp3) is 0.529. The molecule has 1 saturated heterocycles. The molecule has 1 aromatic carbocycles. The Morgan fingerprint density at radius 1 is 1.35 bits per heavy atom. The predicted molar refractivity (Wildman–Crippen MR) is 78.7 cm³/mol. The van der Waals surface area contributed by atoms with Gasteiger partial charge in [0.25, 0.3) is 0 Å². The fourth-order valence-corrected chi connectivity index (χ4v) is 2.91. The molecule has 20 heavy (non-hydrogen) atoms. The summed E-state index contributed by atoms with van der Waals surface area (Å²) in [5.41, 5.74) is 1.99. The van der Waals surface area contributed by atoms with Crippen LogP contribution in [0.4, 0.5) is 0 Å². The first-order valence-corrected chi connectivity index (χ1v) is 7.53. The van der Waals surface area contributed by atoms with Gasteiger partial charge in [0, 0.05) is 12.0 Å². The van der Waals surface area contributed by atoms with Crippen LogP contribution in [-0.2, 0) is 4.74 Å². The van der Waals surface area contributed by atoms with Gasteiger partial charge in [-0.25, -0.2) is 0 Å².